The average molecular weight is 284 g/mol. The van der Waals surface area contributed by atoms with Gasteiger partial charge >= 0.3 is 6.09 Å². The molecule has 0 radical (unpaired) electrons. The first kappa shape index (κ1) is 14.1. The highest BCUT2D eigenvalue weighted by Gasteiger charge is 2.30. The van der Waals surface area contributed by atoms with Crippen molar-refractivity contribution in [3.05, 3.63) is 11.6 Å². The third-order valence-corrected chi connectivity index (χ3v) is 3.47. The van der Waals surface area contributed by atoms with Crippen molar-refractivity contribution in [2.24, 2.45) is 5.92 Å². The molecular formula is C13H20N2O3S. The highest BCUT2D eigenvalue weighted by Crippen LogP contribution is 2.21. The average Bonchev–Trinajstić information content (AvgIpc) is 2.96. The van der Waals surface area contributed by atoms with Crippen LogP contribution in [0.3, 0.4) is 0 Å². The summed E-state index contributed by atoms with van der Waals surface area (Å²) in [5.41, 5.74) is -0.438. The lowest BCUT2D eigenvalue weighted by Gasteiger charge is -2.24. The number of amides is 1. The molecule has 1 saturated heterocycles. The molecule has 1 aliphatic heterocycles. The molecule has 1 amide bonds. The third kappa shape index (κ3) is 4.38. The molecule has 1 fully saturated rings. The molecule has 0 N–H and O–H groups in total. The van der Waals surface area contributed by atoms with E-state index in [0.717, 1.165) is 13.0 Å². The number of hydrogen-bond acceptors (Lipinski definition) is 5. The van der Waals surface area contributed by atoms with Gasteiger partial charge in [-0.1, -0.05) is 11.3 Å². The number of ether oxygens (including phenoxy) is 2. The van der Waals surface area contributed by atoms with Crippen molar-refractivity contribution < 1.29 is 14.3 Å². The predicted octanol–water partition coefficient (Wildman–Crippen LogP) is 2.78. The molecule has 2 heterocycles. The first-order valence-electron chi connectivity index (χ1n) is 6.44. The van der Waals surface area contributed by atoms with Crippen LogP contribution in [0.2, 0.25) is 0 Å². The normalized spacial score (nSPS) is 19.5. The van der Waals surface area contributed by atoms with Gasteiger partial charge in [0.15, 0.2) is 0 Å². The monoisotopic (exact) mass is 284 g/mol. The van der Waals surface area contributed by atoms with E-state index in [-0.39, 0.29) is 6.09 Å². The lowest BCUT2D eigenvalue weighted by molar-refractivity contribution is 0.0285. The molecule has 0 aliphatic carbocycles. The Hall–Kier alpha value is -1.30. The van der Waals surface area contributed by atoms with Gasteiger partial charge in [-0.2, -0.15) is 0 Å². The van der Waals surface area contributed by atoms with E-state index < -0.39 is 5.60 Å². The van der Waals surface area contributed by atoms with Gasteiger partial charge in [0.1, 0.15) is 5.60 Å². The van der Waals surface area contributed by atoms with Crippen molar-refractivity contribution in [1.82, 2.24) is 9.88 Å². The Morgan fingerprint density at radius 2 is 2.37 bits per heavy atom. The summed E-state index contributed by atoms with van der Waals surface area (Å²) in [6.45, 7) is 7.67. The maximum atomic E-state index is 11.9. The SMILES string of the molecule is CC(C)(C)OC(=O)N1CC[C@@H](COc2nccs2)C1. The summed E-state index contributed by atoms with van der Waals surface area (Å²) in [7, 11) is 0. The van der Waals surface area contributed by atoms with Gasteiger partial charge in [0.2, 0.25) is 0 Å². The van der Waals surface area contributed by atoms with E-state index in [2.05, 4.69) is 4.98 Å². The summed E-state index contributed by atoms with van der Waals surface area (Å²) >= 11 is 1.48. The molecule has 1 aromatic rings. The van der Waals surface area contributed by atoms with Gasteiger partial charge in [0.05, 0.1) is 6.61 Å². The van der Waals surface area contributed by atoms with Crippen LogP contribution in [-0.2, 0) is 4.74 Å². The minimum Gasteiger partial charge on any atom is -0.470 e. The van der Waals surface area contributed by atoms with Crippen molar-refractivity contribution in [2.75, 3.05) is 19.7 Å². The number of thiazole rings is 1. The van der Waals surface area contributed by atoms with Crippen LogP contribution in [0.5, 0.6) is 5.19 Å². The Morgan fingerprint density at radius 3 is 3.00 bits per heavy atom. The molecule has 0 bridgehead atoms. The molecule has 1 atom stereocenters. The van der Waals surface area contributed by atoms with Gasteiger partial charge in [0.25, 0.3) is 5.19 Å². The van der Waals surface area contributed by atoms with Crippen molar-refractivity contribution >= 4 is 17.4 Å². The zero-order valence-electron chi connectivity index (χ0n) is 11.6. The topological polar surface area (TPSA) is 51.7 Å². The summed E-state index contributed by atoms with van der Waals surface area (Å²) in [6.07, 6.45) is 2.44. The fourth-order valence-corrected chi connectivity index (χ4v) is 2.43. The van der Waals surface area contributed by atoms with Crippen LogP contribution >= 0.6 is 11.3 Å². The second kappa shape index (κ2) is 5.77. The van der Waals surface area contributed by atoms with Gasteiger partial charge in [-0.25, -0.2) is 9.78 Å². The van der Waals surface area contributed by atoms with Gasteiger partial charge in [-0.05, 0) is 27.2 Å². The van der Waals surface area contributed by atoms with Crippen LogP contribution in [-0.4, -0.2) is 41.3 Å². The largest absolute Gasteiger partial charge is 0.470 e. The van der Waals surface area contributed by atoms with Crippen molar-refractivity contribution in [3.8, 4) is 5.19 Å². The van der Waals surface area contributed by atoms with Gasteiger partial charge in [0, 0.05) is 30.6 Å². The maximum Gasteiger partial charge on any atom is 0.410 e. The molecule has 1 aliphatic rings. The van der Waals surface area contributed by atoms with E-state index in [1.807, 2.05) is 26.2 Å². The van der Waals surface area contributed by atoms with E-state index in [9.17, 15) is 4.79 Å². The Kier molecular flexibility index (Phi) is 4.29. The number of aromatic nitrogens is 1. The van der Waals surface area contributed by atoms with E-state index >= 15 is 0 Å². The van der Waals surface area contributed by atoms with Crippen molar-refractivity contribution in [3.63, 3.8) is 0 Å². The van der Waals surface area contributed by atoms with Crippen LogP contribution in [0.4, 0.5) is 4.79 Å². The van der Waals surface area contributed by atoms with Crippen molar-refractivity contribution in [1.29, 1.82) is 0 Å². The Bertz CT molecular complexity index is 414. The van der Waals surface area contributed by atoms with E-state index in [1.54, 1.807) is 11.1 Å². The standard InChI is InChI=1S/C13H20N2O3S/c1-13(2,3)18-12(16)15-6-4-10(8-15)9-17-11-14-5-7-19-11/h5,7,10H,4,6,8-9H2,1-3H3/t10-/m1/s1. The number of carbonyl (C=O) groups is 1. The Balaban J connectivity index is 1.75. The molecule has 106 valence electrons. The zero-order chi connectivity index (χ0) is 13.9. The Labute approximate surface area is 117 Å². The van der Waals surface area contributed by atoms with E-state index in [0.29, 0.717) is 24.3 Å². The fourth-order valence-electron chi connectivity index (χ4n) is 1.93. The molecule has 0 aromatic carbocycles. The van der Waals surface area contributed by atoms with Crippen molar-refractivity contribution in [2.45, 2.75) is 32.8 Å². The molecule has 0 saturated carbocycles. The molecule has 6 heteroatoms. The summed E-state index contributed by atoms with van der Waals surface area (Å²) in [5.74, 6) is 0.358. The second-order valence-electron chi connectivity index (χ2n) is 5.69. The molecule has 0 spiro atoms. The highest BCUT2D eigenvalue weighted by atomic mass is 32.1. The smallest absolute Gasteiger partial charge is 0.410 e. The Morgan fingerprint density at radius 1 is 1.58 bits per heavy atom. The first-order chi connectivity index (χ1) is 8.94. The summed E-state index contributed by atoms with van der Waals surface area (Å²) in [5, 5.41) is 2.58. The maximum absolute atomic E-state index is 11.9. The van der Waals surface area contributed by atoms with Crippen LogP contribution in [0.15, 0.2) is 11.6 Å². The second-order valence-corrected chi connectivity index (χ2v) is 6.55. The van der Waals surface area contributed by atoms with E-state index in [1.165, 1.54) is 11.3 Å². The van der Waals surface area contributed by atoms with Crippen LogP contribution < -0.4 is 4.74 Å². The van der Waals surface area contributed by atoms with E-state index in [4.69, 9.17) is 9.47 Å². The fraction of sp³-hybridized carbons (Fsp3) is 0.692. The predicted molar refractivity (Wildman–Crippen MR) is 73.5 cm³/mol. The number of rotatable bonds is 3. The molecular weight excluding hydrogens is 264 g/mol. The lowest BCUT2D eigenvalue weighted by atomic mass is 10.1. The number of carbonyl (C=O) groups excluding carboxylic acids is 1. The zero-order valence-corrected chi connectivity index (χ0v) is 12.4. The number of likely N-dealkylation sites (tertiary alicyclic amines) is 1. The summed E-state index contributed by atoms with van der Waals surface area (Å²) in [6, 6.07) is 0. The minimum atomic E-state index is -0.438. The van der Waals surface area contributed by atoms with Crippen LogP contribution in [0.1, 0.15) is 27.2 Å². The molecule has 19 heavy (non-hydrogen) atoms. The number of nitrogens with zero attached hydrogens (tertiary/aromatic N) is 2. The highest BCUT2D eigenvalue weighted by molar-refractivity contribution is 7.11. The lowest BCUT2D eigenvalue weighted by Crippen LogP contribution is -2.35. The third-order valence-electron chi connectivity index (χ3n) is 2.79. The van der Waals surface area contributed by atoms with Crippen LogP contribution in [0.25, 0.3) is 0 Å². The summed E-state index contributed by atoms with van der Waals surface area (Å²) < 4.78 is 10.9. The van der Waals surface area contributed by atoms with Gasteiger partial charge in [-0.3, -0.25) is 0 Å². The molecule has 0 unspecified atom stereocenters. The number of hydrogen-bond donors (Lipinski definition) is 0. The molecule has 5 nitrogen and oxygen atoms in total. The first-order valence-corrected chi connectivity index (χ1v) is 7.32. The van der Waals surface area contributed by atoms with Gasteiger partial charge < -0.3 is 14.4 Å². The minimum absolute atomic E-state index is 0.232. The quantitative estimate of drug-likeness (QED) is 0.856. The molecule has 1 aromatic heterocycles. The molecule has 2 rings (SSSR count). The summed E-state index contributed by atoms with van der Waals surface area (Å²) in [4.78, 5) is 17.7. The van der Waals surface area contributed by atoms with Crippen LogP contribution in [0, 0.1) is 5.92 Å². The van der Waals surface area contributed by atoms with Gasteiger partial charge in [-0.15, -0.1) is 0 Å².